The van der Waals surface area contributed by atoms with E-state index in [9.17, 15) is 8.42 Å². The van der Waals surface area contributed by atoms with Gasteiger partial charge in [0, 0.05) is 5.39 Å². The molecular formula is C19H14N2O3S. The second kappa shape index (κ2) is 5.80. The topological polar surface area (TPSA) is 70.4 Å². The van der Waals surface area contributed by atoms with Gasteiger partial charge in [-0.2, -0.15) is 5.26 Å². The van der Waals surface area contributed by atoms with Crippen molar-refractivity contribution in [2.24, 2.45) is 0 Å². The Kier molecular flexibility index (Phi) is 3.59. The Bertz CT molecular complexity index is 1110. The van der Waals surface area contributed by atoms with Gasteiger partial charge in [0.25, 0.3) is 10.0 Å². The van der Waals surface area contributed by atoms with Crippen molar-refractivity contribution in [3.8, 4) is 11.8 Å². The van der Waals surface area contributed by atoms with Crippen LogP contribution in [0.15, 0.2) is 65.6 Å². The highest BCUT2D eigenvalue weighted by molar-refractivity contribution is 7.93. The van der Waals surface area contributed by atoms with Crippen LogP contribution in [0.4, 0.5) is 5.69 Å². The van der Waals surface area contributed by atoms with Gasteiger partial charge in [-0.25, -0.2) is 8.42 Å². The van der Waals surface area contributed by atoms with Crippen LogP contribution in [0.1, 0.15) is 5.56 Å². The van der Waals surface area contributed by atoms with Crippen molar-refractivity contribution in [2.75, 3.05) is 17.5 Å². The van der Waals surface area contributed by atoms with E-state index in [1.165, 1.54) is 4.31 Å². The predicted molar refractivity (Wildman–Crippen MR) is 95.1 cm³/mol. The summed E-state index contributed by atoms with van der Waals surface area (Å²) in [7, 11) is -3.56. The lowest BCUT2D eigenvalue weighted by Gasteiger charge is -2.19. The lowest BCUT2D eigenvalue weighted by molar-refractivity contribution is 0.328. The monoisotopic (exact) mass is 350 g/mol. The van der Waals surface area contributed by atoms with Gasteiger partial charge >= 0.3 is 0 Å². The van der Waals surface area contributed by atoms with E-state index >= 15 is 0 Å². The first-order chi connectivity index (χ1) is 12.1. The third-order valence-electron chi connectivity index (χ3n) is 4.21. The molecule has 3 aromatic carbocycles. The van der Waals surface area contributed by atoms with E-state index in [1.54, 1.807) is 36.4 Å². The van der Waals surface area contributed by atoms with Gasteiger partial charge in [-0.15, -0.1) is 0 Å². The maximum atomic E-state index is 12.8. The highest BCUT2D eigenvalue weighted by Gasteiger charge is 2.35. The first kappa shape index (κ1) is 15.5. The summed E-state index contributed by atoms with van der Waals surface area (Å²) in [5.41, 5.74) is 1.19. The molecule has 1 aliphatic heterocycles. The maximum Gasteiger partial charge on any atom is 0.265 e. The van der Waals surface area contributed by atoms with E-state index in [1.807, 2.05) is 24.3 Å². The van der Waals surface area contributed by atoms with E-state index in [2.05, 4.69) is 6.07 Å². The fraction of sp³-hybridized carbons (Fsp3) is 0.105. The average molecular weight is 350 g/mol. The first-order valence-corrected chi connectivity index (χ1v) is 9.23. The summed E-state index contributed by atoms with van der Waals surface area (Å²) < 4.78 is 32.7. The molecule has 0 aromatic heterocycles. The van der Waals surface area contributed by atoms with Gasteiger partial charge in [-0.3, -0.25) is 4.31 Å². The van der Waals surface area contributed by atoms with Crippen LogP contribution < -0.4 is 9.04 Å². The van der Waals surface area contributed by atoms with Crippen molar-refractivity contribution in [2.45, 2.75) is 4.90 Å². The molecule has 0 N–H and O–H groups in total. The minimum absolute atomic E-state index is 0.193. The van der Waals surface area contributed by atoms with E-state index in [0.717, 1.165) is 10.8 Å². The van der Waals surface area contributed by atoms with Crippen LogP contribution in [0.25, 0.3) is 10.8 Å². The summed E-state index contributed by atoms with van der Waals surface area (Å²) in [4.78, 5) is 0.340. The van der Waals surface area contributed by atoms with Crippen molar-refractivity contribution in [3.05, 3.63) is 66.2 Å². The van der Waals surface area contributed by atoms with Gasteiger partial charge in [0.2, 0.25) is 0 Å². The highest BCUT2D eigenvalue weighted by atomic mass is 32.2. The Balaban J connectivity index is 1.60. The van der Waals surface area contributed by atoms with E-state index in [-0.39, 0.29) is 13.2 Å². The average Bonchev–Trinajstić information content (AvgIpc) is 2.85. The van der Waals surface area contributed by atoms with Crippen molar-refractivity contribution in [3.63, 3.8) is 0 Å². The highest BCUT2D eigenvalue weighted by Crippen LogP contribution is 2.41. The molecule has 1 heterocycles. The van der Waals surface area contributed by atoms with Crippen LogP contribution in [0.3, 0.4) is 0 Å². The Hall–Kier alpha value is -3.04. The lowest BCUT2D eigenvalue weighted by atomic mass is 10.1. The summed E-state index contributed by atoms with van der Waals surface area (Å²) in [5, 5.41) is 10.6. The molecule has 0 aliphatic carbocycles. The van der Waals surface area contributed by atoms with Crippen LogP contribution in [-0.4, -0.2) is 21.6 Å². The van der Waals surface area contributed by atoms with Crippen molar-refractivity contribution in [1.29, 1.82) is 5.26 Å². The molecule has 0 fully saturated rings. The number of ether oxygens (including phenoxy) is 1. The molecule has 0 radical (unpaired) electrons. The van der Waals surface area contributed by atoms with Gasteiger partial charge in [-0.1, -0.05) is 30.3 Å². The third-order valence-corrected chi connectivity index (χ3v) is 6.06. The molecule has 124 valence electrons. The van der Waals surface area contributed by atoms with Crippen LogP contribution in [0.5, 0.6) is 5.75 Å². The third kappa shape index (κ3) is 2.49. The fourth-order valence-electron chi connectivity index (χ4n) is 3.10. The maximum absolute atomic E-state index is 12.8. The molecule has 0 spiro atoms. The van der Waals surface area contributed by atoms with E-state index in [0.29, 0.717) is 21.9 Å². The van der Waals surface area contributed by atoms with Crippen molar-refractivity contribution >= 4 is 26.5 Å². The number of hydrogen-bond acceptors (Lipinski definition) is 4. The zero-order chi connectivity index (χ0) is 17.4. The molecule has 0 unspecified atom stereocenters. The molecule has 5 nitrogen and oxygen atoms in total. The summed E-state index contributed by atoms with van der Waals surface area (Å²) >= 11 is 0. The van der Waals surface area contributed by atoms with Gasteiger partial charge in [0.15, 0.2) is 0 Å². The number of nitriles is 1. The molecule has 4 rings (SSSR count). The molecule has 0 bridgehead atoms. The molecule has 0 saturated heterocycles. The second-order valence-electron chi connectivity index (χ2n) is 5.70. The molecule has 25 heavy (non-hydrogen) atoms. The van der Waals surface area contributed by atoms with Crippen LogP contribution in [0.2, 0.25) is 0 Å². The van der Waals surface area contributed by atoms with Gasteiger partial charge in [0.1, 0.15) is 12.4 Å². The molecule has 0 saturated carbocycles. The van der Waals surface area contributed by atoms with E-state index in [4.69, 9.17) is 10.00 Å². The zero-order valence-corrected chi connectivity index (χ0v) is 14.0. The Labute approximate surface area is 145 Å². The molecule has 3 aromatic rings. The van der Waals surface area contributed by atoms with Gasteiger partial charge in [0.05, 0.1) is 28.8 Å². The Morgan fingerprint density at radius 1 is 1.04 bits per heavy atom. The number of hydrogen-bond donors (Lipinski definition) is 0. The molecule has 0 amide bonds. The largest absolute Gasteiger partial charge is 0.492 e. The van der Waals surface area contributed by atoms with Crippen molar-refractivity contribution < 1.29 is 13.2 Å². The lowest BCUT2D eigenvalue weighted by Crippen LogP contribution is -2.31. The van der Waals surface area contributed by atoms with Crippen LogP contribution >= 0.6 is 0 Å². The normalized spacial score (nSPS) is 14.4. The number of sulfonamides is 1. The molecule has 1 aliphatic rings. The molecule has 0 atom stereocenters. The second-order valence-corrected chi connectivity index (χ2v) is 7.53. The summed E-state index contributed by atoms with van der Waals surface area (Å²) in [6.07, 6.45) is 0. The minimum Gasteiger partial charge on any atom is -0.492 e. The first-order valence-electron chi connectivity index (χ1n) is 7.79. The van der Waals surface area contributed by atoms with E-state index < -0.39 is 10.0 Å². The number of nitrogens with zero attached hydrogens (tertiary/aromatic N) is 2. The Morgan fingerprint density at radius 2 is 1.80 bits per heavy atom. The number of benzene rings is 3. The van der Waals surface area contributed by atoms with Gasteiger partial charge < -0.3 is 4.74 Å². The standard InChI is InChI=1S/C19H14N2O3S/c20-13-14-4-1-7-16(12-14)24-11-10-21-17-8-2-5-15-6-3-9-18(19(15)17)25(21,22)23/h1-9,12H,10-11H2. The predicted octanol–water partition coefficient (Wildman–Crippen LogP) is 3.30. The fourth-order valence-corrected chi connectivity index (χ4v) is 4.80. The molecule has 6 heteroatoms. The zero-order valence-electron chi connectivity index (χ0n) is 13.2. The smallest absolute Gasteiger partial charge is 0.265 e. The van der Waals surface area contributed by atoms with Crippen molar-refractivity contribution in [1.82, 2.24) is 0 Å². The van der Waals surface area contributed by atoms with Crippen LogP contribution in [0, 0.1) is 11.3 Å². The number of anilines is 1. The quantitative estimate of drug-likeness (QED) is 0.724. The summed E-state index contributed by atoms with van der Waals surface area (Å²) in [6, 6.07) is 19.7. The molecular weight excluding hydrogens is 336 g/mol. The summed E-state index contributed by atoms with van der Waals surface area (Å²) in [6.45, 7) is 0.394. The SMILES string of the molecule is N#Cc1cccc(OCCN2c3cccc4cccc(c34)S2(=O)=O)c1. The minimum atomic E-state index is -3.56. The van der Waals surface area contributed by atoms with Gasteiger partial charge in [-0.05, 0) is 35.7 Å². The number of rotatable bonds is 4. The Morgan fingerprint density at radius 3 is 2.60 bits per heavy atom. The summed E-state index contributed by atoms with van der Waals surface area (Å²) in [5.74, 6) is 0.548. The van der Waals surface area contributed by atoms with Crippen LogP contribution in [-0.2, 0) is 10.0 Å².